The normalized spacial score (nSPS) is 9.12. The number of ether oxygens (including phenoxy) is 4. The van der Waals surface area contributed by atoms with Gasteiger partial charge in [0.1, 0.15) is 11.5 Å². The molecule has 4 aromatic rings. The van der Waals surface area contributed by atoms with Crippen molar-refractivity contribution in [3.8, 4) is 48.0 Å². The second kappa shape index (κ2) is 10.4. The van der Waals surface area contributed by atoms with E-state index in [0.29, 0.717) is 28.4 Å². The lowest BCUT2D eigenvalue weighted by atomic mass is 10.1. The Balaban J connectivity index is 0.000000181. The lowest BCUT2D eigenvalue weighted by molar-refractivity contribution is 0.496. The molecule has 152 valence electrons. The fourth-order valence-corrected chi connectivity index (χ4v) is 3.03. The zero-order valence-corrected chi connectivity index (χ0v) is 16.4. The van der Waals surface area contributed by atoms with Crippen LogP contribution in [0.15, 0.2) is 72.8 Å². The fourth-order valence-electron chi connectivity index (χ4n) is 3.03. The molecule has 4 aromatic carbocycles. The summed E-state index contributed by atoms with van der Waals surface area (Å²) < 4.78 is 19.2. The van der Waals surface area contributed by atoms with Gasteiger partial charge in [0.05, 0.1) is 5.39 Å². The van der Waals surface area contributed by atoms with Crippen LogP contribution in [0.3, 0.4) is 0 Å². The molecule has 0 saturated carbocycles. The van der Waals surface area contributed by atoms with Crippen LogP contribution in [-0.4, -0.2) is 0 Å². The van der Waals surface area contributed by atoms with Gasteiger partial charge in [-0.15, -0.1) is 21.0 Å². The Kier molecular flexibility index (Phi) is 6.89. The first-order valence-electron chi connectivity index (χ1n) is 9.00. The zero-order chi connectivity index (χ0) is 22.8. The molecule has 0 heterocycles. The Morgan fingerprint density at radius 3 is 1.56 bits per heavy atom. The number of benzene rings is 4. The summed E-state index contributed by atoms with van der Waals surface area (Å²) in [5, 5.41) is 37.0. The largest absolute Gasteiger partial charge is 0.388 e. The molecule has 0 aliphatic rings. The van der Waals surface area contributed by atoms with E-state index in [1.807, 2.05) is 18.2 Å². The van der Waals surface area contributed by atoms with Gasteiger partial charge in [-0.2, -0.15) is 0 Å². The van der Waals surface area contributed by atoms with Crippen molar-refractivity contribution in [3.05, 3.63) is 72.8 Å². The van der Waals surface area contributed by atoms with Gasteiger partial charge in [-0.3, -0.25) is 0 Å². The summed E-state index contributed by atoms with van der Waals surface area (Å²) in [5.41, 5.74) is 0. The van der Waals surface area contributed by atoms with Gasteiger partial charge in [-0.05, 0) is 47.2 Å². The fraction of sp³-hybridized carbons (Fsp3) is 0. The standard InChI is InChI=1S/2C12H6N2O2/c13-7-15-10-5-1-3-9-4-2-6-11(12(9)10)16-8-14;13-7-15-10-4-5-11-9(6-10)2-1-3-12(11)16-8-14/h2*1-6H. The number of hydrogen-bond donors (Lipinski definition) is 0. The summed E-state index contributed by atoms with van der Waals surface area (Å²) in [5.74, 6) is 1.71. The molecule has 0 fully saturated rings. The third-order valence-electron chi connectivity index (χ3n) is 4.27. The molecule has 8 heteroatoms. The van der Waals surface area contributed by atoms with Crippen LogP contribution in [0.2, 0.25) is 0 Å². The number of nitrogens with zero attached hydrogens (tertiary/aromatic N) is 4. The maximum absolute atomic E-state index is 8.52. The molecule has 0 atom stereocenters. The first-order chi connectivity index (χ1) is 15.7. The van der Waals surface area contributed by atoms with Crippen LogP contribution in [0.1, 0.15) is 0 Å². The Morgan fingerprint density at radius 2 is 1.00 bits per heavy atom. The SMILES string of the molecule is N#COc1ccc2c(OC#N)cccc2c1.N#COc1cccc2cccc(OC#N)c12. The molecule has 4 rings (SSSR count). The van der Waals surface area contributed by atoms with Gasteiger partial charge >= 0.3 is 0 Å². The minimum atomic E-state index is 0.380. The van der Waals surface area contributed by atoms with Gasteiger partial charge in [0.15, 0.2) is 11.5 Å². The van der Waals surface area contributed by atoms with Gasteiger partial charge in [0.25, 0.3) is 25.0 Å². The van der Waals surface area contributed by atoms with Crippen molar-refractivity contribution in [1.82, 2.24) is 0 Å². The van der Waals surface area contributed by atoms with Crippen molar-refractivity contribution in [2.45, 2.75) is 0 Å². The Hall–Kier alpha value is -5.44. The second-order valence-electron chi connectivity index (χ2n) is 6.02. The van der Waals surface area contributed by atoms with Gasteiger partial charge < -0.3 is 18.9 Å². The van der Waals surface area contributed by atoms with E-state index in [1.54, 1.807) is 79.6 Å². The average Bonchev–Trinajstić information content (AvgIpc) is 2.81. The van der Waals surface area contributed by atoms with Crippen LogP contribution in [0.5, 0.6) is 23.0 Å². The molecule has 0 bridgehead atoms. The summed E-state index contributed by atoms with van der Waals surface area (Å²) in [6, 6.07) is 21.0. The monoisotopic (exact) mass is 420 g/mol. The first kappa shape index (κ1) is 21.3. The van der Waals surface area contributed by atoms with Gasteiger partial charge in [0.2, 0.25) is 0 Å². The molecular formula is C24H12N4O4. The molecule has 32 heavy (non-hydrogen) atoms. The van der Waals surface area contributed by atoms with E-state index < -0.39 is 0 Å². The molecule has 0 aliphatic carbocycles. The number of fused-ring (bicyclic) bond motifs is 2. The Labute approximate surface area is 182 Å². The number of nitriles is 4. The van der Waals surface area contributed by atoms with Crippen LogP contribution in [0.4, 0.5) is 0 Å². The van der Waals surface area contributed by atoms with Crippen molar-refractivity contribution in [2.75, 3.05) is 0 Å². The summed E-state index contributed by atoms with van der Waals surface area (Å²) in [6.45, 7) is 0. The van der Waals surface area contributed by atoms with E-state index in [4.69, 9.17) is 40.0 Å². The summed E-state index contributed by atoms with van der Waals surface area (Å²) in [6.07, 6.45) is 6.45. The lowest BCUT2D eigenvalue weighted by Crippen LogP contribution is -1.88. The molecule has 0 aliphatic heterocycles. The van der Waals surface area contributed by atoms with E-state index in [1.165, 1.54) is 0 Å². The smallest absolute Gasteiger partial charge is 0.292 e. The molecule has 0 aromatic heterocycles. The van der Waals surface area contributed by atoms with Crippen molar-refractivity contribution in [3.63, 3.8) is 0 Å². The van der Waals surface area contributed by atoms with E-state index in [-0.39, 0.29) is 0 Å². The summed E-state index contributed by atoms with van der Waals surface area (Å²) in [4.78, 5) is 0. The molecule has 0 spiro atoms. The highest BCUT2D eigenvalue weighted by Gasteiger charge is 2.08. The van der Waals surface area contributed by atoms with Crippen molar-refractivity contribution in [2.24, 2.45) is 0 Å². The number of rotatable bonds is 4. The minimum Gasteiger partial charge on any atom is -0.388 e. The molecule has 8 nitrogen and oxygen atoms in total. The van der Waals surface area contributed by atoms with E-state index >= 15 is 0 Å². The highest BCUT2D eigenvalue weighted by atomic mass is 16.5. The molecule has 0 saturated heterocycles. The van der Waals surface area contributed by atoms with Gasteiger partial charge in [0, 0.05) is 5.39 Å². The van der Waals surface area contributed by atoms with Crippen LogP contribution in [0, 0.1) is 46.1 Å². The molecular weight excluding hydrogens is 408 g/mol. The molecule has 0 N–H and O–H groups in total. The van der Waals surface area contributed by atoms with Gasteiger partial charge in [-0.1, -0.05) is 36.4 Å². The molecule has 0 unspecified atom stereocenters. The Morgan fingerprint density at radius 1 is 0.500 bits per heavy atom. The Bertz CT molecular complexity index is 1380. The third-order valence-corrected chi connectivity index (χ3v) is 4.27. The van der Waals surface area contributed by atoms with E-state index in [2.05, 4.69) is 0 Å². The van der Waals surface area contributed by atoms with Gasteiger partial charge in [-0.25, -0.2) is 0 Å². The summed E-state index contributed by atoms with van der Waals surface area (Å²) in [7, 11) is 0. The van der Waals surface area contributed by atoms with Crippen molar-refractivity contribution < 1.29 is 18.9 Å². The first-order valence-corrected chi connectivity index (χ1v) is 9.00. The number of hydrogen-bond acceptors (Lipinski definition) is 8. The predicted molar refractivity (Wildman–Crippen MR) is 113 cm³/mol. The highest BCUT2D eigenvalue weighted by Crippen LogP contribution is 2.33. The van der Waals surface area contributed by atoms with E-state index in [0.717, 1.165) is 16.2 Å². The van der Waals surface area contributed by atoms with Crippen molar-refractivity contribution >= 4 is 21.5 Å². The van der Waals surface area contributed by atoms with Crippen LogP contribution in [0.25, 0.3) is 21.5 Å². The minimum absolute atomic E-state index is 0.380. The van der Waals surface area contributed by atoms with Crippen LogP contribution >= 0.6 is 0 Å². The van der Waals surface area contributed by atoms with Crippen LogP contribution < -0.4 is 18.9 Å². The quantitative estimate of drug-likeness (QED) is 0.416. The average molecular weight is 420 g/mol. The highest BCUT2D eigenvalue weighted by molar-refractivity contribution is 5.94. The van der Waals surface area contributed by atoms with E-state index in [9.17, 15) is 0 Å². The second-order valence-corrected chi connectivity index (χ2v) is 6.02. The molecule has 0 amide bonds. The topological polar surface area (TPSA) is 132 Å². The maximum atomic E-state index is 8.52. The summed E-state index contributed by atoms with van der Waals surface area (Å²) >= 11 is 0. The molecule has 0 radical (unpaired) electrons. The predicted octanol–water partition coefficient (Wildman–Crippen LogP) is 5.12. The zero-order valence-electron chi connectivity index (χ0n) is 16.4. The maximum Gasteiger partial charge on any atom is 0.292 e. The third kappa shape index (κ3) is 4.75. The van der Waals surface area contributed by atoms with Crippen molar-refractivity contribution in [1.29, 1.82) is 21.0 Å². The van der Waals surface area contributed by atoms with Crippen LogP contribution in [-0.2, 0) is 0 Å². The lowest BCUT2D eigenvalue weighted by Gasteiger charge is -2.05.